The van der Waals surface area contributed by atoms with Crippen molar-refractivity contribution in [3.63, 3.8) is 0 Å². The molecular weight excluding hydrogens is 380 g/mol. The third-order valence-corrected chi connectivity index (χ3v) is 5.28. The first-order valence-corrected chi connectivity index (χ1v) is 9.13. The van der Waals surface area contributed by atoms with E-state index in [0.29, 0.717) is 18.7 Å². The van der Waals surface area contributed by atoms with Gasteiger partial charge in [0.1, 0.15) is 6.04 Å². The molecule has 0 aliphatic carbocycles. The van der Waals surface area contributed by atoms with Crippen LogP contribution in [-0.4, -0.2) is 35.8 Å². The molecule has 0 N–H and O–H groups in total. The number of rotatable bonds is 2. The van der Waals surface area contributed by atoms with E-state index in [1.54, 1.807) is 28.9 Å². The van der Waals surface area contributed by atoms with E-state index in [4.69, 9.17) is 0 Å². The molecular formula is C20H21BrN2O2. The fourth-order valence-electron chi connectivity index (χ4n) is 3.09. The van der Waals surface area contributed by atoms with Gasteiger partial charge in [0.05, 0.1) is 0 Å². The summed E-state index contributed by atoms with van der Waals surface area (Å²) in [6.07, 6.45) is 0. The Bertz CT molecular complexity index is 834. The zero-order valence-electron chi connectivity index (χ0n) is 14.6. The molecule has 0 aromatic heterocycles. The fraction of sp³-hybridized carbons (Fsp3) is 0.300. The van der Waals surface area contributed by atoms with Gasteiger partial charge in [0.2, 0.25) is 5.91 Å². The maximum absolute atomic E-state index is 12.9. The summed E-state index contributed by atoms with van der Waals surface area (Å²) >= 11 is 3.39. The average Bonchev–Trinajstić information content (AvgIpc) is 2.59. The van der Waals surface area contributed by atoms with Gasteiger partial charge in [-0.3, -0.25) is 9.59 Å². The van der Waals surface area contributed by atoms with Crippen molar-refractivity contribution in [3.8, 4) is 0 Å². The second-order valence-corrected chi connectivity index (χ2v) is 7.36. The zero-order chi connectivity index (χ0) is 18.1. The number of carbonyl (C=O) groups excluding carboxylic acids is 2. The van der Waals surface area contributed by atoms with Crippen LogP contribution >= 0.6 is 15.9 Å². The molecule has 0 saturated carbocycles. The normalized spacial score (nSPS) is 17.8. The SMILES string of the molecule is Cc1ccc(N2CCN(C(=O)c3cccc(Br)c3)[C@H](C)C2=O)cc1C. The van der Waals surface area contributed by atoms with Gasteiger partial charge >= 0.3 is 0 Å². The predicted molar refractivity (Wildman–Crippen MR) is 103 cm³/mol. The lowest BCUT2D eigenvalue weighted by Crippen LogP contribution is -2.57. The lowest BCUT2D eigenvalue weighted by Gasteiger charge is -2.39. The number of hydrogen-bond acceptors (Lipinski definition) is 2. The van der Waals surface area contributed by atoms with Crippen LogP contribution in [0.4, 0.5) is 5.69 Å². The minimum absolute atomic E-state index is 0.0437. The van der Waals surface area contributed by atoms with Crippen molar-refractivity contribution in [2.75, 3.05) is 18.0 Å². The van der Waals surface area contributed by atoms with Crippen LogP contribution in [0.3, 0.4) is 0 Å². The number of nitrogens with zero attached hydrogens (tertiary/aromatic N) is 2. The molecule has 2 aromatic rings. The standard InChI is InChI=1S/C20H21BrN2O2/c1-13-7-8-18(11-14(13)2)23-10-9-22(15(3)19(23)24)20(25)16-5-4-6-17(21)12-16/h4-8,11-12,15H,9-10H2,1-3H3/t15-/m1/s1. The minimum Gasteiger partial charge on any atom is -0.325 e. The maximum Gasteiger partial charge on any atom is 0.254 e. The van der Waals surface area contributed by atoms with Gasteiger partial charge in [0.25, 0.3) is 5.91 Å². The molecule has 1 atom stereocenters. The maximum atomic E-state index is 12.9. The highest BCUT2D eigenvalue weighted by Gasteiger charge is 2.35. The molecule has 1 heterocycles. The second-order valence-electron chi connectivity index (χ2n) is 6.44. The predicted octanol–water partition coefficient (Wildman–Crippen LogP) is 3.94. The van der Waals surface area contributed by atoms with Crippen molar-refractivity contribution >= 4 is 33.4 Å². The Labute approximate surface area is 156 Å². The lowest BCUT2D eigenvalue weighted by atomic mass is 10.1. The summed E-state index contributed by atoms with van der Waals surface area (Å²) in [5, 5.41) is 0. The Morgan fingerprint density at radius 3 is 2.52 bits per heavy atom. The van der Waals surface area contributed by atoms with E-state index in [2.05, 4.69) is 22.9 Å². The summed E-state index contributed by atoms with van der Waals surface area (Å²) in [5.74, 6) is -0.153. The number of carbonyl (C=O) groups is 2. The van der Waals surface area contributed by atoms with Crippen molar-refractivity contribution in [1.82, 2.24) is 4.90 Å². The quantitative estimate of drug-likeness (QED) is 0.765. The van der Waals surface area contributed by atoms with Crippen LogP contribution in [0.1, 0.15) is 28.4 Å². The van der Waals surface area contributed by atoms with E-state index in [-0.39, 0.29) is 11.8 Å². The number of anilines is 1. The van der Waals surface area contributed by atoms with Crippen molar-refractivity contribution in [1.29, 1.82) is 0 Å². The summed E-state index contributed by atoms with van der Waals surface area (Å²) in [6.45, 7) is 6.92. The molecule has 1 saturated heterocycles. The first kappa shape index (κ1) is 17.7. The van der Waals surface area contributed by atoms with E-state index in [1.807, 2.05) is 37.3 Å². The van der Waals surface area contributed by atoms with Crippen molar-refractivity contribution < 1.29 is 9.59 Å². The van der Waals surface area contributed by atoms with Crippen molar-refractivity contribution in [3.05, 3.63) is 63.6 Å². The van der Waals surface area contributed by atoms with Crippen LogP contribution in [0.5, 0.6) is 0 Å². The van der Waals surface area contributed by atoms with Crippen LogP contribution in [0, 0.1) is 13.8 Å². The van der Waals surface area contributed by atoms with E-state index in [9.17, 15) is 9.59 Å². The highest BCUT2D eigenvalue weighted by molar-refractivity contribution is 9.10. The monoisotopic (exact) mass is 400 g/mol. The Kier molecular flexibility index (Phi) is 4.95. The smallest absolute Gasteiger partial charge is 0.254 e. The third-order valence-electron chi connectivity index (χ3n) is 4.79. The second kappa shape index (κ2) is 7.00. The van der Waals surface area contributed by atoms with E-state index < -0.39 is 6.04 Å². The molecule has 1 aliphatic heterocycles. The molecule has 1 aliphatic rings. The Balaban J connectivity index is 1.81. The van der Waals surface area contributed by atoms with Gasteiger partial charge < -0.3 is 9.80 Å². The van der Waals surface area contributed by atoms with Crippen LogP contribution < -0.4 is 4.90 Å². The molecule has 0 spiro atoms. The van der Waals surface area contributed by atoms with Crippen LogP contribution in [0.2, 0.25) is 0 Å². The number of benzene rings is 2. The molecule has 1 fully saturated rings. The molecule has 130 valence electrons. The number of aryl methyl sites for hydroxylation is 2. The van der Waals surface area contributed by atoms with Gasteiger partial charge in [-0.05, 0) is 62.2 Å². The molecule has 2 amide bonds. The van der Waals surface area contributed by atoms with Gasteiger partial charge in [-0.25, -0.2) is 0 Å². The van der Waals surface area contributed by atoms with Gasteiger partial charge in [-0.2, -0.15) is 0 Å². The van der Waals surface area contributed by atoms with Gasteiger partial charge in [0, 0.05) is 28.8 Å². The highest BCUT2D eigenvalue weighted by atomic mass is 79.9. The van der Waals surface area contributed by atoms with E-state index >= 15 is 0 Å². The van der Waals surface area contributed by atoms with Gasteiger partial charge in [-0.15, -0.1) is 0 Å². The van der Waals surface area contributed by atoms with E-state index in [1.165, 1.54) is 5.56 Å². The lowest BCUT2D eigenvalue weighted by molar-refractivity contribution is -0.124. The largest absolute Gasteiger partial charge is 0.325 e. The summed E-state index contributed by atoms with van der Waals surface area (Å²) in [5.41, 5.74) is 3.85. The minimum atomic E-state index is -0.484. The number of piperazine rings is 1. The molecule has 25 heavy (non-hydrogen) atoms. The molecule has 0 radical (unpaired) electrons. The molecule has 3 rings (SSSR count). The molecule has 5 heteroatoms. The summed E-state index contributed by atoms with van der Waals surface area (Å²) in [6, 6.07) is 12.8. The van der Waals surface area contributed by atoms with Crippen LogP contribution in [0.25, 0.3) is 0 Å². The fourth-order valence-corrected chi connectivity index (χ4v) is 3.48. The first-order valence-electron chi connectivity index (χ1n) is 8.33. The molecule has 0 unspecified atom stereocenters. The Morgan fingerprint density at radius 1 is 1.08 bits per heavy atom. The van der Waals surface area contributed by atoms with Crippen molar-refractivity contribution in [2.24, 2.45) is 0 Å². The summed E-state index contributed by atoms with van der Waals surface area (Å²) in [7, 11) is 0. The first-order chi connectivity index (χ1) is 11.9. The topological polar surface area (TPSA) is 40.6 Å². The summed E-state index contributed by atoms with van der Waals surface area (Å²) < 4.78 is 0.853. The Morgan fingerprint density at radius 2 is 1.84 bits per heavy atom. The third kappa shape index (κ3) is 3.47. The van der Waals surface area contributed by atoms with Crippen LogP contribution in [-0.2, 0) is 4.79 Å². The molecule has 4 nitrogen and oxygen atoms in total. The average molecular weight is 401 g/mol. The zero-order valence-corrected chi connectivity index (χ0v) is 16.2. The van der Waals surface area contributed by atoms with Gasteiger partial charge in [-0.1, -0.05) is 28.1 Å². The van der Waals surface area contributed by atoms with E-state index in [0.717, 1.165) is 15.7 Å². The molecule has 0 bridgehead atoms. The van der Waals surface area contributed by atoms with Crippen LogP contribution in [0.15, 0.2) is 46.9 Å². The number of hydrogen-bond donors (Lipinski definition) is 0. The highest BCUT2D eigenvalue weighted by Crippen LogP contribution is 2.24. The summed E-state index contributed by atoms with van der Waals surface area (Å²) in [4.78, 5) is 29.1. The van der Waals surface area contributed by atoms with Crippen molar-refractivity contribution in [2.45, 2.75) is 26.8 Å². The van der Waals surface area contributed by atoms with Gasteiger partial charge in [0.15, 0.2) is 0 Å². The number of amides is 2. The number of halogens is 1. The Hall–Kier alpha value is -2.14. The molecule has 2 aromatic carbocycles.